The van der Waals surface area contributed by atoms with Crippen molar-refractivity contribution >= 4 is 11.6 Å². The lowest BCUT2D eigenvalue weighted by molar-refractivity contribution is -0.120. The number of amides is 1. The number of ether oxygens (including phenoxy) is 1. The van der Waals surface area contributed by atoms with Gasteiger partial charge in [0.2, 0.25) is 0 Å². The van der Waals surface area contributed by atoms with Crippen molar-refractivity contribution in [1.29, 1.82) is 0 Å². The number of rotatable bonds is 5. The molecule has 116 valence electrons. The molecule has 0 aliphatic carbocycles. The Morgan fingerprint density at radius 1 is 1.05 bits per heavy atom. The molecule has 0 atom stereocenters. The first kappa shape index (κ1) is 16.1. The molecule has 3 nitrogen and oxygen atoms in total. The van der Waals surface area contributed by atoms with Gasteiger partial charge in [0.1, 0.15) is 5.75 Å². The minimum atomic E-state index is -0.0342. The molecule has 3 heteroatoms. The van der Waals surface area contributed by atoms with Gasteiger partial charge in [-0.15, -0.1) is 0 Å². The van der Waals surface area contributed by atoms with Crippen LogP contribution in [0.25, 0.3) is 0 Å². The van der Waals surface area contributed by atoms with E-state index >= 15 is 0 Å². The summed E-state index contributed by atoms with van der Waals surface area (Å²) in [6.07, 6.45) is 0. The number of hydrogen-bond acceptors (Lipinski definition) is 2. The smallest absolute Gasteiger partial charge is 0.264 e. The van der Waals surface area contributed by atoms with Crippen molar-refractivity contribution in [2.24, 2.45) is 0 Å². The highest BCUT2D eigenvalue weighted by Gasteiger charge is 2.15. The zero-order valence-electron chi connectivity index (χ0n) is 13.7. The Kier molecular flexibility index (Phi) is 5.21. The number of anilines is 1. The summed E-state index contributed by atoms with van der Waals surface area (Å²) in [5.74, 6) is 0.774. The number of carbonyl (C=O) groups is 1. The lowest BCUT2D eigenvalue weighted by Crippen LogP contribution is -2.34. The third-order valence-corrected chi connectivity index (χ3v) is 3.63. The number of nitrogens with zero attached hydrogens (tertiary/aromatic N) is 1. The highest BCUT2D eigenvalue weighted by atomic mass is 16.5. The summed E-state index contributed by atoms with van der Waals surface area (Å²) in [6.45, 7) is 8.71. The summed E-state index contributed by atoms with van der Waals surface area (Å²) in [6, 6.07) is 13.8. The molecule has 0 unspecified atom stereocenters. The van der Waals surface area contributed by atoms with E-state index in [9.17, 15) is 4.79 Å². The van der Waals surface area contributed by atoms with Gasteiger partial charge in [0.25, 0.3) is 5.91 Å². The summed E-state index contributed by atoms with van der Waals surface area (Å²) in [7, 11) is 0. The molecule has 0 bridgehead atoms. The average Bonchev–Trinajstić information content (AvgIpc) is 2.48. The molecule has 0 N–H and O–H groups in total. The van der Waals surface area contributed by atoms with Crippen molar-refractivity contribution in [2.75, 3.05) is 18.1 Å². The van der Waals surface area contributed by atoms with Gasteiger partial charge in [-0.25, -0.2) is 0 Å². The van der Waals surface area contributed by atoms with E-state index < -0.39 is 0 Å². The van der Waals surface area contributed by atoms with Crippen LogP contribution >= 0.6 is 0 Å². The first-order valence-electron chi connectivity index (χ1n) is 7.59. The van der Waals surface area contributed by atoms with Crippen molar-refractivity contribution in [3.05, 3.63) is 59.2 Å². The number of hydrogen-bond donors (Lipinski definition) is 0. The van der Waals surface area contributed by atoms with Gasteiger partial charge in [-0.2, -0.15) is 0 Å². The summed E-state index contributed by atoms with van der Waals surface area (Å²) < 4.78 is 5.80. The molecule has 0 radical (unpaired) electrons. The summed E-state index contributed by atoms with van der Waals surface area (Å²) >= 11 is 0. The third kappa shape index (κ3) is 3.67. The SMILES string of the molecule is CCN(C(=O)COc1c(C)cc(C)cc1C)c1ccccc1. The Bertz CT molecular complexity index is 627. The molecule has 2 aromatic carbocycles. The lowest BCUT2D eigenvalue weighted by Gasteiger charge is -2.22. The molecule has 0 aliphatic heterocycles. The van der Waals surface area contributed by atoms with Crippen molar-refractivity contribution < 1.29 is 9.53 Å². The van der Waals surface area contributed by atoms with Crippen LogP contribution in [0.4, 0.5) is 5.69 Å². The van der Waals surface area contributed by atoms with E-state index in [0.717, 1.165) is 22.6 Å². The molecule has 0 saturated heterocycles. The van der Waals surface area contributed by atoms with E-state index in [4.69, 9.17) is 4.74 Å². The van der Waals surface area contributed by atoms with Crippen molar-refractivity contribution in [2.45, 2.75) is 27.7 Å². The maximum atomic E-state index is 12.4. The molecular weight excluding hydrogens is 274 g/mol. The summed E-state index contributed by atoms with van der Waals surface area (Å²) in [5, 5.41) is 0. The predicted molar refractivity (Wildman–Crippen MR) is 90.6 cm³/mol. The van der Waals surface area contributed by atoms with Gasteiger partial charge < -0.3 is 9.64 Å². The van der Waals surface area contributed by atoms with Crippen molar-refractivity contribution in [1.82, 2.24) is 0 Å². The fraction of sp³-hybridized carbons (Fsp3) is 0.316. The monoisotopic (exact) mass is 297 g/mol. The van der Waals surface area contributed by atoms with E-state index in [2.05, 4.69) is 19.1 Å². The maximum Gasteiger partial charge on any atom is 0.264 e. The first-order valence-corrected chi connectivity index (χ1v) is 7.59. The molecular formula is C19H23NO2. The van der Waals surface area contributed by atoms with Gasteiger partial charge in [-0.05, 0) is 51.0 Å². The van der Waals surface area contributed by atoms with E-state index in [1.165, 1.54) is 5.56 Å². The zero-order valence-corrected chi connectivity index (χ0v) is 13.7. The largest absolute Gasteiger partial charge is 0.483 e. The Morgan fingerprint density at radius 2 is 1.64 bits per heavy atom. The molecule has 0 spiro atoms. The Balaban J connectivity index is 2.09. The second-order valence-corrected chi connectivity index (χ2v) is 5.49. The van der Waals surface area contributed by atoms with E-state index in [-0.39, 0.29) is 12.5 Å². The van der Waals surface area contributed by atoms with Crippen LogP contribution < -0.4 is 9.64 Å². The molecule has 0 saturated carbocycles. The summed E-state index contributed by atoms with van der Waals surface area (Å²) in [5.41, 5.74) is 4.23. The third-order valence-electron chi connectivity index (χ3n) is 3.63. The normalized spacial score (nSPS) is 10.4. The highest BCUT2D eigenvalue weighted by Crippen LogP contribution is 2.24. The van der Waals surface area contributed by atoms with E-state index in [0.29, 0.717) is 6.54 Å². The Labute approximate surface area is 132 Å². The quantitative estimate of drug-likeness (QED) is 0.833. The maximum absolute atomic E-state index is 12.4. The van der Waals surface area contributed by atoms with Gasteiger partial charge in [0, 0.05) is 12.2 Å². The molecule has 0 aliphatic rings. The molecule has 0 aromatic heterocycles. The van der Waals surface area contributed by atoms with Crippen LogP contribution in [0.15, 0.2) is 42.5 Å². The lowest BCUT2D eigenvalue weighted by atomic mass is 10.1. The molecule has 0 heterocycles. The topological polar surface area (TPSA) is 29.5 Å². The standard InChI is InChI=1S/C19H23NO2/c1-5-20(17-9-7-6-8-10-17)18(21)13-22-19-15(3)11-14(2)12-16(19)4/h6-12H,5,13H2,1-4H3. The molecule has 2 rings (SSSR count). The first-order chi connectivity index (χ1) is 10.5. The van der Waals surface area contributed by atoms with Crippen molar-refractivity contribution in [3.63, 3.8) is 0 Å². The predicted octanol–water partition coefficient (Wildman–Crippen LogP) is 4.04. The fourth-order valence-electron chi connectivity index (χ4n) is 2.72. The number of benzene rings is 2. The van der Waals surface area contributed by atoms with E-state index in [1.807, 2.05) is 51.1 Å². The molecule has 1 amide bonds. The number of likely N-dealkylation sites (N-methyl/N-ethyl adjacent to an activating group) is 1. The minimum Gasteiger partial charge on any atom is -0.483 e. The Morgan fingerprint density at radius 3 is 2.18 bits per heavy atom. The van der Waals surface area contributed by atoms with Crippen LogP contribution in [0.5, 0.6) is 5.75 Å². The van der Waals surface area contributed by atoms with Crippen LogP contribution in [0, 0.1) is 20.8 Å². The second-order valence-electron chi connectivity index (χ2n) is 5.49. The zero-order chi connectivity index (χ0) is 16.1. The van der Waals surface area contributed by atoms with Crippen LogP contribution in [0.1, 0.15) is 23.6 Å². The van der Waals surface area contributed by atoms with Crippen LogP contribution in [0.3, 0.4) is 0 Å². The second kappa shape index (κ2) is 7.12. The van der Waals surface area contributed by atoms with Crippen LogP contribution in [-0.2, 0) is 4.79 Å². The summed E-state index contributed by atoms with van der Waals surface area (Å²) in [4.78, 5) is 14.2. The van der Waals surface area contributed by atoms with Gasteiger partial charge >= 0.3 is 0 Å². The molecule has 2 aromatic rings. The fourth-order valence-corrected chi connectivity index (χ4v) is 2.72. The van der Waals surface area contributed by atoms with Gasteiger partial charge in [0.05, 0.1) is 0 Å². The van der Waals surface area contributed by atoms with Crippen molar-refractivity contribution in [3.8, 4) is 5.75 Å². The van der Waals surface area contributed by atoms with Gasteiger partial charge in [-0.3, -0.25) is 4.79 Å². The average molecular weight is 297 g/mol. The molecule has 0 fully saturated rings. The number of para-hydroxylation sites is 1. The van der Waals surface area contributed by atoms with Gasteiger partial charge in [-0.1, -0.05) is 35.9 Å². The molecule has 22 heavy (non-hydrogen) atoms. The highest BCUT2D eigenvalue weighted by molar-refractivity contribution is 5.94. The van der Waals surface area contributed by atoms with Crippen LogP contribution in [-0.4, -0.2) is 19.1 Å². The van der Waals surface area contributed by atoms with Gasteiger partial charge in [0.15, 0.2) is 6.61 Å². The Hall–Kier alpha value is -2.29. The van der Waals surface area contributed by atoms with Crippen LogP contribution in [0.2, 0.25) is 0 Å². The number of carbonyl (C=O) groups excluding carboxylic acids is 1. The minimum absolute atomic E-state index is 0.0342. The number of aryl methyl sites for hydroxylation is 3. The van der Waals surface area contributed by atoms with E-state index in [1.54, 1.807) is 4.90 Å².